The second kappa shape index (κ2) is 12.3. The second-order valence-electron chi connectivity index (χ2n) is 11.3. The molecule has 2 amide bonds. The summed E-state index contributed by atoms with van der Waals surface area (Å²) in [5.74, 6) is -0.251. The van der Waals surface area contributed by atoms with Crippen LogP contribution in [0.1, 0.15) is 44.9 Å². The van der Waals surface area contributed by atoms with Crippen molar-refractivity contribution in [2.45, 2.75) is 39.5 Å². The van der Waals surface area contributed by atoms with Crippen LogP contribution in [0.25, 0.3) is 28.0 Å². The molecular formula is C34H27BrClN7O4. The van der Waals surface area contributed by atoms with Crippen molar-refractivity contribution in [3.8, 4) is 16.9 Å². The average molecular weight is 713 g/mol. The van der Waals surface area contributed by atoms with E-state index in [1.165, 1.54) is 10.9 Å². The van der Waals surface area contributed by atoms with Crippen LogP contribution in [0.2, 0.25) is 5.02 Å². The molecule has 47 heavy (non-hydrogen) atoms. The normalized spacial score (nSPS) is 14.3. The van der Waals surface area contributed by atoms with Crippen LogP contribution in [0.4, 0.5) is 0 Å². The third-order valence-electron chi connectivity index (χ3n) is 8.24. The summed E-state index contributed by atoms with van der Waals surface area (Å²) < 4.78 is 9.29. The van der Waals surface area contributed by atoms with Gasteiger partial charge in [0.05, 0.1) is 28.6 Å². The molecule has 0 fully saturated rings. The van der Waals surface area contributed by atoms with Crippen molar-refractivity contribution < 1.29 is 14.0 Å². The van der Waals surface area contributed by atoms with Crippen molar-refractivity contribution in [1.29, 1.82) is 0 Å². The third-order valence-corrected chi connectivity index (χ3v) is 9.47. The first-order valence-corrected chi connectivity index (χ1v) is 16.0. The molecule has 1 atom stereocenters. The summed E-state index contributed by atoms with van der Waals surface area (Å²) in [4.78, 5) is 56.6. The average Bonchev–Trinajstić information content (AvgIpc) is 3.59. The van der Waals surface area contributed by atoms with Crippen molar-refractivity contribution in [2.75, 3.05) is 0 Å². The number of amides is 2. The number of benzene rings is 3. The molecule has 13 heteroatoms. The van der Waals surface area contributed by atoms with Crippen LogP contribution in [0.3, 0.4) is 0 Å². The van der Waals surface area contributed by atoms with E-state index in [1.54, 1.807) is 65.1 Å². The number of halogens is 2. The van der Waals surface area contributed by atoms with Gasteiger partial charge in [0, 0.05) is 47.9 Å². The standard InChI is InChI=1S/C34H27BrClN7O4/c1-19-16-42-29(17-41(19)33(45)21-7-9-25(35)26(36)13-21)31(43(34(42)46)23-8-10-30-28(14-23)40-20(2)47-30)32(44)38-15-22-5-3-4-6-24(22)27-11-12-37-18-39-27/h3-14,18-19H,15-17H2,1-2H3,(H,38,44). The fourth-order valence-corrected chi connectivity index (χ4v) is 6.39. The van der Waals surface area contributed by atoms with Gasteiger partial charge in [0.25, 0.3) is 11.8 Å². The first-order chi connectivity index (χ1) is 22.7. The molecule has 1 aliphatic heterocycles. The van der Waals surface area contributed by atoms with Gasteiger partial charge < -0.3 is 14.6 Å². The summed E-state index contributed by atoms with van der Waals surface area (Å²) in [6, 6.07) is 19.3. The molecule has 1 aliphatic rings. The Kier molecular flexibility index (Phi) is 7.98. The molecule has 236 valence electrons. The van der Waals surface area contributed by atoms with E-state index in [0.717, 1.165) is 16.8 Å². The Bertz CT molecular complexity index is 2240. The van der Waals surface area contributed by atoms with Crippen LogP contribution in [0.15, 0.2) is 92.9 Å². The second-order valence-corrected chi connectivity index (χ2v) is 12.5. The van der Waals surface area contributed by atoms with Crippen molar-refractivity contribution in [1.82, 2.24) is 34.3 Å². The number of hydrogen-bond acceptors (Lipinski definition) is 7. The van der Waals surface area contributed by atoms with E-state index in [-0.39, 0.29) is 37.3 Å². The van der Waals surface area contributed by atoms with Crippen LogP contribution in [-0.4, -0.2) is 46.8 Å². The summed E-state index contributed by atoms with van der Waals surface area (Å²) in [5, 5.41) is 3.43. The monoisotopic (exact) mass is 711 g/mol. The molecule has 1 unspecified atom stereocenters. The highest BCUT2D eigenvalue weighted by Gasteiger charge is 2.35. The third kappa shape index (κ3) is 5.63. The fraction of sp³-hybridized carbons (Fsp3) is 0.176. The molecule has 3 aromatic carbocycles. The van der Waals surface area contributed by atoms with Crippen molar-refractivity contribution >= 4 is 50.4 Å². The molecule has 0 saturated heterocycles. The summed E-state index contributed by atoms with van der Waals surface area (Å²) in [5.41, 5.74) is 4.53. The number of imidazole rings is 1. The number of fused-ring (bicyclic) bond motifs is 2. The summed E-state index contributed by atoms with van der Waals surface area (Å²) >= 11 is 9.69. The predicted molar refractivity (Wildman–Crippen MR) is 179 cm³/mol. The van der Waals surface area contributed by atoms with Gasteiger partial charge in [0.1, 0.15) is 17.5 Å². The summed E-state index contributed by atoms with van der Waals surface area (Å²) in [6.07, 6.45) is 3.13. The van der Waals surface area contributed by atoms with Gasteiger partial charge in [0.15, 0.2) is 11.5 Å². The van der Waals surface area contributed by atoms with E-state index in [2.05, 4.69) is 36.2 Å². The molecule has 1 N–H and O–H groups in total. The van der Waals surface area contributed by atoms with E-state index < -0.39 is 11.6 Å². The van der Waals surface area contributed by atoms with Gasteiger partial charge in [0.2, 0.25) is 0 Å². The zero-order chi connectivity index (χ0) is 32.8. The van der Waals surface area contributed by atoms with Gasteiger partial charge >= 0.3 is 5.69 Å². The van der Waals surface area contributed by atoms with Crippen molar-refractivity contribution in [2.24, 2.45) is 0 Å². The minimum Gasteiger partial charge on any atom is -0.441 e. The molecule has 0 radical (unpaired) electrons. The molecule has 0 bridgehead atoms. The van der Waals surface area contributed by atoms with Gasteiger partial charge in [-0.05, 0) is 70.9 Å². The zero-order valence-electron chi connectivity index (χ0n) is 25.3. The molecule has 4 heterocycles. The minimum atomic E-state index is -0.474. The number of aryl methyl sites for hydroxylation is 1. The van der Waals surface area contributed by atoms with Crippen LogP contribution < -0.4 is 11.0 Å². The van der Waals surface area contributed by atoms with E-state index in [9.17, 15) is 14.4 Å². The highest BCUT2D eigenvalue weighted by atomic mass is 79.9. The lowest BCUT2D eigenvalue weighted by Gasteiger charge is -2.34. The van der Waals surface area contributed by atoms with Crippen LogP contribution in [0.5, 0.6) is 0 Å². The first kappa shape index (κ1) is 30.6. The lowest BCUT2D eigenvalue weighted by atomic mass is 10.0. The first-order valence-electron chi connectivity index (χ1n) is 14.8. The van der Waals surface area contributed by atoms with Crippen LogP contribution in [0, 0.1) is 6.92 Å². The topological polar surface area (TPSA) is 128 Å². The molecule has 0 saturated carbocycles. The van der Waals surface area contributed by atoms with E-state index in [4.69, 9.17) is 16.0 Å². The lowest BCUT2D eigenvalue weighted by Crippen LogP contribution is -2.47. The van der Waals surface area contributed by atoms with E-state index >= 15 is 0 Å². The summed E-state index contributed by atoms with van der Waals surface area (Å²) in [6.45, 7) is 4.00. The molecule has 7 rings (SSSR count). The van der Waals surface area contributed by atoms with E-state index in [0.29, 0.717) is 43.4 Å². The Labute approximate surface area is 282 Å². The van der Waals surface area contributed by atoms with Gasteiger partial charge in [-0.3, -0.25) is 18.7 Å². The fourth-order valence-electron chi connectivity index (χ4n) is 5.96. The molecular weight excluding hydrogens is 686 g/mol. The zero-order valence-corrected chi connectivity index (χ0v) is 27.6. The van der Waals surface area contributed by atoms with Gasteiger partial charge in [-0.25, -0.2) is 19.7 Å². The highest BCUT2D eigenvalue weighted by Crippen LogP contribution is 2.29. The van der Waals surface area contributed by atoms with Crippen LogP contribution in [-0.2, 0) is 19.6 Å². The number of carbonyl (C=O) groups is 2. The Balaban J connectivity index is 1.30. The Morgan fingerprint density at radius 1 is 1.11 bits per heavy atom. The van der Waals surface area contributed by atoms with E-state index in [1.807, 2.05) is 31.2 Å². The maximum absolute atomic E-state index is 14.3. The largest absolute Gasteiger partial charge is 0.441 e. The molecule has 0 aliphatic carbocycles. The lowest BCUT2D eigenvalue weighted by molar-refractivity contribution is 0.0610. The quantitative estimate of drug-likeness (QED) is 0.227. The van der Waals surface area contributed by atoms with Gasteiger partial charge in [-0.2, -0.15) is 0 Å². The molecule has 11 nitrogen and oxygen atoms in total. The highest BCUT2D eigenvalue weighted by molar-refractivity contribution is 9.10. The predicted octanol–water partition coefficient (Wildman–Crippen LogP) is 5.94. The molecule has 3 aromatic heterocycles. The maximum Gasteiger partial charge on any atom is 0.333 e. The maximum atomic E-state index is 14.3. The minimum absolute atomic E-state index is 0.0293. The number of nitrogens with zero attached hydrogens (tertiary/aromatic N) is 6. The SMILES string of the molecule is Cc1nc2cc(-n3c(C(=O)NCc4ccccc4-c4ccncn4)c4n(c3=O)CC(C)N(C(=O)c3ccc(Br)c(Cl)c3)C4)ccc2o1. The summed E-state index contributed by atoms with van der Waals surface area (Å²) in [7, 11) is 0. The van der Waals surface area contributed by atoms with Crippen molar-refractivity contribution in [3.63, 3.8) is 0 Å². The smallest absolute Gasteiger partial charge is 0.333 e. The van der Waals surface area contributed by atoms with Gasteiger partial charge in [-0.1, -0.05) is 35.9 Å². The number of carbonyl (C=O) groups excluding carboxylic acids is 2. The van der Waals surface area contributed by atoms with Crippen LogP contribution >= 0.6 is 27.5 Å². The number of rotatable bonds is 6. The van der Waals surface area contributed by atoms with Gasteiger partial charge in [-0.15, -0.1) is 0 Å². The molecule has 0 spiro atoms. The number of hydrogen-bond donors (Lipinski definition) is 1. The number of oxazole rings is 1. The molecule has 6 aromatic rings. The Hall–Kier alpha value is -5.07. The number of aromatic nitrogens is 5. The Morgan fingerprint density at radius 3 is 2.72 bits per heavy atom. The Morgan fingerprint density at radius 2 is 1.94 bits per heavy atom. The number of nitrogens with one attached hydrogen (secondary N) is 1. The van der Waals surface area contributed by atoms with Crippen molar-refractivity contribution in [3.05, 3.63) is 128 Å².